The lowest BCUT2D eigenvalue weighted by Crippen LogP contribution is -2.38. The van der Waals surface area contributed by atoms with Crippen molar-refractivity contribution in [1.29, 1.82) is 0 Å². The number of ether oxygens (including phenoxy) is 2. The summed E-state index contributed by atoms with van der Waals surface area (Å²) in [5.41, 5.74) is 10.6. The molecule has 0 unspecified atom stereocenters. The highest BCUT2D eigenvalue weighted by molar-refractivity contribution is 5.93. The largest absolute Gasteiger partial charge is 0.397 e. The van der Waals surface area contributed by atoms with Gasteiger partial charge in [-0.1, -0.05) is 60.7 Å². The number of para-hydroxylation sites is 2. The second-order valence-corrected chi connectivity index (χ2v) is 11.6. The summed E-state index contributed by atoms with van der Waals surface area (Å²) in [6.07, 6.45) is 1.26. The van der Waals surface area contributed by atoms with Crippen LogP contribution in [0.25, 0.3) is 0 Å². The normalized spacial score (nSPS) is 22.0. The van der Waals surface area contributed by atoms with Gasteiger partial charge in [0.2, 0.25) is 11.8 Å². The minimum Gasteiger partial charge on any atom is -0.397 e. The zero-order valence-corrected chi connectivity index (χ0v) is 24.9. The average Bonchev–Trinajstić information content (AvgIpc) is 3.45. The van der Waals surface area contributed by atoms with E-state index in [1.807, 2.05) is 48.5 Å². The van der Waals surface area contributed by atoms with Crippen LogP contribution in [0, 0.1) is 0 Å². The van der Waals surface area contributed by atoms with E-state index in [0.717, 1.165) is 35.2 Å². The number of nitrogen functional groups attached to an aromatic ring is 1. The Hall–Kier alpha value is -3.80. The standard InChI is InChI=1S/C34H42N4O6/c35-29-4-1-2-5-30(29)37-33(42)7-3-6-32(41)36-19-23-8-14-26(15-9-23)34-43-28(21-38-17-16-27(40)20-38)18-31(44-34)25-12-10-24(22-39)11-13-25/h1-2,4-5,8-15,27-28,31,34,39-40H,3,6-7,16-22,35H2,(H,36,41)(H,37,42)/t27-,28-,31+,34+/m0/s1. The van der Waals surface area contributed by atoms with Gasteiger partial charge in [-0.25, -0.2) is 0 Å². The lowest BCUT2D eigenvalue weighted by Gasteiger charge is -2.37. The second kappa shape index (κ2) is 15.3. The third-order valence-electron chi connectivity index (χ3n) is 8.11. The molecule has 5 rings (SSSR count). The van der Waals surface area contributed by atoms with E-state index in [4.69, 9.17) is 15.2 Å². The van der Waals surface area contributed by atoms with Crippen molar-refractivity contribution >= 4 is 23.2 Å². The van der Waals surface area contributed by atoms with Gasteiger partial charge in [0.05, 0.1) is 36.3 Å². The van der Waals surface area contributed by atoms with E-state index in [9.17, 15) is 19.8 Å². The molecule has 0 spiro atoms. The van der Waals surface area contributed by atoms with Crippen molar-refractivity contribution in [2.24, 2.45) is 0 Å². The van der Waals surface area contributed by atoms with Gasteiger partial charge in [0.25, 0.3) is 0 Å². The third-order valence-corrected chi connectivity index (χ3v) is 8.11. The first-order valence-electron chi connectivity index (χ1n) is 15.3. The number of likely N-dealkylation sites (tertiary alicyclic amines) is 1. The summed E-state index contributed by atoms with van der Waals surface area (Å²) >= 11 is 0. The monoisotopic (exact) mass is 602 g/mol. The van der Waals surface area contributed by atoms with Crippen LogP contribution >= 0.6 is 0 Å². The van der Waals surface area contributed by atoms with Crippen molar-refractivity contribution in [2.75, 3.05) is 30.7 Å². The van der Waals surface area contributed by atoms with E-state index < -0.39 is 6.29 Å². The molecular weight excluding hydrogens is 560 g/mol. The van der Waals surface area contributed by atoms with Gasteiger partial charge in [-0.2, -0.15) is 0 Å². The summed E-state index contributed by atoms with van der Waals surface area (Å²) in [6.45, 7) is 2.58. The molecule has 3 aromatic carbocycles. The molecule has 2 aliphatic heterocycles. The van der Waals surface area contributed by atoms with E-state index in [1.54, 1.807) is 24.3 Å². The van der Waals surface area contributed by atoms with Crippen LogP contribution < -0.4 is 16.4 Å². The van der Waals surface area contributed by atoms with Crippen molar-refractivity contribution in [2.45, 2.75) is 69.9 Å². The van der Waals surface area contributed by atoms with Crippen molar-refractivity contribution in [1.82, 2.24) is 10.2 Å². The van der Waals surface area contributed by atoms with Gasteiger partial charge in [-0.05, 0) is 41.7 Å². The SMILES string of the molecule is Nc1ccccc1NC(=O)CCCC(=O)NCc1ccc([C@@H]2O[C@H](CN3CC[C@H](O)C3)C[C@H](c3ccc(CO)cc3)O2)cc1. The van der Waals surface area contributed by atoms with Crippen LogP contribution in [0.4, 0.5) is 11.4 Å². The Labute approximate surface area is 258 Å². The predicted molar refractivity (Wildman–Crippen MR) is 167 cm³/mol. The molecule has 44 heavy (non-hydrogen) atoms. The van der Waals surface area contributed by atoms with Gasteiger partial charge in [-0.15, -0.1) is 0 Å². The molecule has 3 aromatic rings. The number of benzene rings is 3. The molecule has 10 nitrogen and oxygen atoms in total. The van der Waals surface area contributed by atoms with Crippen molar-refractivity contribution in [3.63, 3.8) is 0 Å². The van der Waals surface area contributed by atoms with Gasteiger partial charge < -0.3 is 36.1 Å². The lowest BCUT2D eigenvalue weighted by atomic mass is 9.99. The summed E-state index contributed by atoms with van der Waals surface area (Å²) < 4.78 is 12.8. The zero-order chi connectivity index (χ0) is 30.9. The van der Waals surface area contributed by atoms with E-state index >= 15 is 0 Å². The maximum atomic E-state index is 12.4. The number of anilines is 2. The van der Waals surface area contributed by atoms with E-state index in [2.05, 4.69) is 15.5 Å². The Morgan fingerprint density at radius 2 is 1.61 bits per heavy atom. The Morgan fingerprint density at radius 1 is 0.909 bits per heavy atom. The molecule has 2 heterocycles. The summed E-state index contributed by atoms with van der Waals surface area (Å²) in [4.78, 5) is 26.8. The first-order chi connectivity index (χ1) is 21.4. The fourth-order valence-electron chi connectivity index (χ4n) is 5.61. The fraction of sp³-hybridized carbons (Fsp3) is 0.412. The molecular formula is C34H42N4O6. The molecule has 0 bridgehead atoms. The molecule has 0 aliphatic carbocycles. The highest BCUT2D eigenvalue weighted by Crippen LogP contribution is 2.38. The number of hydrogen-bond acceptors (Lipinski definition) is 8. The van der Waals surface area contributed by atoms with Crippen LogP contribution in [0.5, 0.6) is 0 Å². The Morgan fingerprint density at radius 3 is 2.32 bits per heavy atom. The molecule has 0 radical (unpaired) electrons. The minimum absolute atomic E-state index is 0.00784. The summed E-state index contributed by atoms with van der Waals surface area (Å²) in [5, 5.41) is 25.1. The number of carbonyl (C=O) groups is 2. The van der Waals surface area contributed by atoms with Crippen LogP contribution in [0.1, 0.15) is 66.8 Å². The predicted octanol–water partition coefficient (Wildman–Crippen LogP) is 3.80. The quantitative estimate of drug-likeness (QED) is 0.197. The molecule has 10 heteroatoms. The van der Waals surface area contributed by atoms with Gasteiger partial charge in [0.15, 0.2) is 6.29 Å². The highest BCUT2D eigenvalue weighted by Gasteiger charge is 2.34. The van der Waals surface area contributed by atoms with Gasteiger partial charge >= 0.3 is 0 Å². The summed E-state index contributed by atoms with van der Waals surface area (Å²) in [6, 6.07) is 22.7. The smallest absolute Gasteiger partial charge is 0.224 e. The van der Waals surface area contributed by atoms with Crippen LogP contribution in [-0.4, -0.2) is 58.8 Å². The number of rotatable bonds is 12. The van der Waals surface area contributed by atoms with Crippen LogP contribution in [0.15, 0.2) is 72.8 Å². The molecule has 2 saturated heterocycles. The molecule has 234 valence electrons. The van der Waals surface area contributed by atoms with Crippen LogP contribution in [0.2, 0.25) is 0 Å². The van der Waals surface area contributed by atoms with E-state index in [0.29, 0.717) is 43.9 Å². The molecule has 4 atom stereocenters. The van der Waals surface area contributed by atoms with E-state index in [-0.39, 0.29) is 49.6 Å². The highest BCUT2D eigenvalue weighted by atomic mass is 16.7. The topological polar surface area (TPSA) is 146 Å². The molecule has 0 saturated carbocycles. The Balaban J connectivity index is 1.12. The maximum Gasteiger partial charge on any atom is 0.224 e. The lowest BCUT2D eigenvalue weighted by molar-refractivity contribution is -0.252. The Kier molecular flexibility index (Phi) is 11.0. The second-order valence-electron chi connectivity index (χ2n) is 11.6. The summed E-state index contributed by atoms with van der Waals surface area (Å²) in [7, 11) is 0. The number of carbonyl (C=O) groups excluding carboxylic acids is 2. The van der Waals surface area contributed by atoms with Gasteiger partial charge in [0, 0.05) is 51.0 Å². The number of aliphatic hydroxyl groups is 2. The van der Waals surface area contributed by atoms with Gasteiger partial charge in [0.1, 0.15) is 0 Å². The zero-order valence-electron chi connectivity index (χ0n) is 24.9. The molecule has 0 aromatic heterocycles. The number of β-amino-alcohol motifs (C(OH)–C–C–N with tert-alkyl or cyclic N) is 1. The average molecular weight is 603 g/mol. The number of aliphatic hydroxyl groups excluding tert-OH is 2. The molecule has 6 N–H and O–H groups in total. The summed E-state index contributed by atoms with van der Waals surface area (Å²) in [5.74, 6) is -0.298. The van der Waals surface area contributed by atoms with Crippen LogP contribution in [0.3, 0.4) is 0 Å². The number of nitrogens with zero attached hydrogens (tertiary/aromatic N) is 1. The number of amides is 2. The van der Waals surface area contributed by atoms with E-state index in [1.165, 1.54) is 0 Å². The molecule has 2 aliphatic rings. The minimum atomic E-state index is -0.565. The fourth-order valence-corrected chi connectivity index (χ4v) is 5.61. The van der Waals surface area contributed by atoms with Crippen LogP contribution in [-0.2, 0) is 32.2 Å². The number of nitrogens with two attached hydrogens (primary N) is 1. The Bertz CT molecular complexity index is 1380. The first-order valence-corrected chi connectivity index (χ1v) is 15.3. The number of nitrogens with one attached hydrogen (secondary N) is 2. The molecule has 2 fully saturated rings. The van der Waals surface area contributed by atoms with Gasteiger partial charge in [-0.3, -0.25) is 14.5 Å². The van der Waals surface area contributed by atoms with Crippen molar-refractivity contribution in [3.8, 4) is 0 Å². The maximum absolute atomic E-state index is 12.4. The molecule has 2 amide bonds. The van der Waals surface area contributed by atoms with Crippen molar-refractivity contribution in [3.05, 3.63) is 95.1 Å². The first kappa shape index (κ1) is 31.6. The van der Waals surface area contributed by atoms with Crippen molar-refractivity contribution < 1.29 is 29.3 Å². The number of hydrogen-bond donors (Lipinski definition) is 5. The third kappa shape index (κ3) is 8.87.